The first kappa shape index (κ1) is 46.5. The Morgan fingerprint density at radius 3 is 2.41 bits per heavy atom. The number of halogens is 1. The quantitative estimate of drug-likeness (QED) is 0.187. The number of benzene rings is 2. The number of aromatic nitrogens is 1. The van der Waals surface area contributed by atoms with Crippen LogP contribution in [0.2, 0.25) is 0 Å². The summed E-state index contributed by atoms with van der Waals surface area (Å²) in [6.45, 7) is 12.8. The van der Waals surface area contributed by atoms with Crippen LogP contribution in [0.15, 0.2) is 54.6 Å². The second-order valence-corrected chi connectivity index (χ2v) is 21.0. The molecule has 3 N–H and O–H groups in total. The standard InChI is InChI=1S/C47H60FN5O10S/c1-26(2)61-32-15-13-29(14-16-32)37-20-30-21-39(60-8)36(48)23-35(30)42(49-37)62-33-22-38-41(54)51-47(44(56)52-64(58,59)34-17-18-34)24-31(47)12-10-9-11-27(3)19-28(4)40(43(55)53(38)25-33)50-45(57)63-46(5,6)7/h10,12-16,20-21,23,26-28,31,33-34,38,40H,9,11,17-19,22,24-25H2,1-8H3,(H,50,57)(H,51,54)(H,52,56)/b12-10-/t27-,28-,31-,33-,38+,40+,47-/m1/s1. The topological polar surface area (TPSA) is 192 Å². The SMILES string of the molecule is COc1cc2cc(-c3ccc(OC(C)C)cc3)nc(O[C@@H]3C[C@H]4C(=O)N[C@]5(C(=O)NS(=O)(=O)C6CC6)C[C@H]5/C=C\CC[C@@H](C)C[C@@H](C)[C@H](NC(=O)OC(C)(C)C)C(=O)N4C3)c2cc1F. The zero-order valence-electron chi connectivity index (χ0n) is 37.7. The number of methoxy groups -OCH3 is 1. The van der Waals surface area contributed by atoms with Crippen LogP contribution in [-0.4, -0.2) is 96.5 Å². The number of fused-ring (bicyclic) bond motifs is 3. The second kappa shape index (κ2) is 18.2. The summed E-state index contributed by atoms with van der Waals surface area (Å²) >= 11 is 0. The Hall–Kier alpha value is -5.45. The molecular formula is C47H60FN5O10S. The summed E-state index contributed by atoms with van der Waals surface area (Å²) in [5.74, 6) is -2.86. The molecule has 3 heterocycles. The molecule has 7 atom stereocenters. The van der Waals surface area contributed by atoms with Gasteiger partial charge in [-0.2, -0.15) is 0 Å². The van der Waals surface area contributed by atoms with E-state index in [1.54, 1.807) is 26.8 Å². The monoisotopic (exact) mass is 905 g/mol. The lowest BCUT2D eigenvalue weighted by atomic mass is 9.88. The van der Waals surface area contributed by atoms with E-state index >= 15 is 9.18 Å². The average molecular weight is 906 g/mol. The summed E-state index contributed by atoms with van der Waals surface area (Å²) in [5, 5.41) is 5.87. The Bertz CT molecular complexity index is 2420. The zero-order valence-corrected chi connectivity index (χ0v) is 38.6. The smallest absolute Gasteiger partial charge is 0.408 e. The highest BCUT2D eigenvalue weighted by atomic mass is 32.2. The van der Waals surface area contributed by atoms with Crippen molar-refractivity contribution in [2.45, 2.75) is 134 Å². The van der Waals surface area contributed by atoms with Crippen LogP contribution >= 0.6 is 0 Å². The molecule has 2 aliphatic heterocycles. The molecule has 15 nitrogen and oxygen atoms in total. The first-order valence-electron chi connectivity index (χ1n) is 22.1. The van der Waals surface area contributed by atoms with Crippen molar-refractivity contribution in [2.75, 3.05) is 13.7 Å². The van der Waals surface area contributed by atoms with E-state index in [4.69, 9.17) is 23.9 Å². The van der Waals surface area contributed by atoms with Gasteiger partial charge < -0.3 is 34.5 Å². The zero-order chi connectivity index (χ0) is 46.3. The highest BCUT2D eigenvalue weighted by Crippen LogP contribution is 2.46. The molecule has 0 spiro atoms. The van der Waals surface area contributed by atoms with Gasteiger partial charge in [0.2, 0.25) is 27.7 Å². The van der Waals surface area contributed by atoms with E-state index in [1.807, 2.05) is 57.2 Å². The number of ether oxygens (including phenoxy) is 4. The lowest BCUT2D eigenvalue weighted by Crippen LogP contribution is -2.59. The van der Waals surface area contributed by atoms with Gasteiger partial charge in [-0.1, -0.05) is 26.0 Å². The van der Waals surface area contributed by atoms with Crippen LogP contribution in [0.25, 0.3) is 22.0 Å². The number of alkyl carbamates (subject to hydrolysis) is 1. The van der Waals surface area contributed by atoms with Crippen LogP contribution in [0.3, 0.4) is 0 Å². The summed E-state index contributed by atoms with van der Waals surface area (Å²) in [7, 11) is -2.60. The van der Waals surface area contributed by atoms with Gasteiger partial charge in [-0.25, -0.2) is 22.6 Å². The normalized spacial score (nSPS) is 27.0. The van der Waals surface area contributed by atoms with Crippen LogP contribution in [0.4, 0.5) is 9.18 Å². The molecule has 1 saturated heterocycles. The summed E-state index contributed by atoms with van der Waals surface area (Å²) in [6.07, 6.45) is 4.89. The van der Waals surface area contributed by atoms with Crippen molar-refractivity contribution in [1.29, 1.82) is 0 Å². The molecule has 2 aromatic carbocycles. The van der Waals surface area contributed by atoms with Crippen molar-refractivity contribution in [3.05, 3.63) is 60.4 Å². The van der Waals surface area contributed by atoms with Gasteiger partial charge >= 0.3 is 6.09 Å². The van der Waals surface area contributed by atoms with Crippen molar-refractivity contribution < 1.29 is 50.9 Å². The predicted octanol–water partition coefficient (Wildman–Crippen LogP) is 6.57. The molecule has 3 fully saturated rings. The Kier molecular flexibility index (Phi) is 13.2. The summed E-state index contributed by atoms with van der Waals surface area (Å²) < 4.78 is 67.0. The number of nitrogens with one attached hydrogen (secondary N) is 3. The van der Waals surface area contributed by atoms with Crippen molar-refractivity contribution in [3.8, 4) is 28.6 Å². The van der Waals surface area contributed by atoms with Gasteiger partial charge in [0.05, 0.1) is 30.7 Å². The van der Waals surface area contributed by atoms with E-state index in [1.165, 1.54) is 24.1 Å². The maximum atomic E-state index is 15.4. The highest BCUT2D eigenvalue weighted by molar-refractivity contribution is 7.91. The number of carbonyl (C=O) groups excluding carboxylic acids is 4. The van der Waals surface area contributed by atoms with Gasteiger partial charge in [0, 0.05) is 23.3 Å². The maximum absolute atomic E-state index is 15.4. The summed E-state index contributed by atoms with van der Waals surface area (Å²) in [6, 6.07) is 9.52. The average Bonchev–Trinajstić information content (AvgIpc) is 4.14. The van der Waals surface area contributed by atoms with Crippen LogP contribution in [0.1, 0.15) is 93.4 Å². The lowest BCUT2D eigenvalue weighted by Gasteiger charge is -2.33. The number of allylic oxidation sites excluding steroid dienone is 1. The van der Waals surface area contributed by atoms with Crippen molar-refractivity contribution in [1.82, 2.24) is 25.2 Å². The first-order valence-corrected chi connectivity index (χ1v) is 23.7. The molecule has 3 aromatic rings. The van der Waals surface area contributed by atoms with E-state index in [9.17, 15) is 22.8 Å². The predicted molar refractivity (Wildman–Crippen MR) is 238 cm³/mol. The van der Waals surface area contributed by atoms with Gasteiger partial charge in [0.1, 0.15) is 35.1 Å². The molecular weight excluding hydrogens is 846 g/mol. The molecule has 2 aliphatic carbocycles. The van der Waals surface area contributed by atoms with E-state index in [0.29, 0.717) is 53.5 Å². The number of hydrogen-bond donors (Lipinski definition) is 3. The Labute approximate surface area is 374 Å². The van der Waals surface area contributed by atoms with Gasteiger partial charge in [0.25, 0.3) is 5.91 Å². The fourth-order valence-corrected chi connectivity index (χ4v) is 10.0. The molecule has 7 rings (SSSR count). The van der Waals surface area contributed by atoms with Crippen molar-refractivity contribution in [2.24, 2.45) is 17.8 Å². The molecule has 1 aromatic heterocycles. The van der Waals surface area contributed by atoms with Gasteiger partial charge in [-0.15, -0.1) is 0 Å². The minimum Gasteiger partial charge on any atom is -0.494 e. The van der Waals surface area contributed by atoms with E-state index in [0.717, 1.165) is 6.42 Å². The number of rotatable bonds is 10. The largest absolute Gasteiger partial charge is 0.494 e. The molecule has 4 amide bonds. The number of amides is 4. The van der Waals surface area contributed by atoms with Crippen molar-refractivity contribution in [3.63, 3.8) is 0 Å². The fraction of sp³-hybridized carbons (Fsp3) is 0.553. The lowest BCUT2D eigenvalue weighted by molar-refractivity contribution is -0.142. The number of nitrogens with zero attached hydrogens (tertiary/aromatic N) is 2. The fourth-order valence-electron chi connectivity index (χ4n) is 8.68. The van der Waals surface area contributed by atoms with Crippen LogP contribution in [0, 0.1) is 23.6 Å². The molecule has 17 heteroatoms. The number of pyridine rings is 1. The number of sulfonamides is 1. The molecule has 346 valence electrons. The van der Waals surface area contributed by atoms with Crippen molar-refractivity contribution >= 4 is 44.6 Å². The molecule has 2 saturated carbocycles. The van der Waals surface area contributed by atoms with Crippen LogP contribution < -0.4 is 29.6 Å². The van der Waals surface area contributed by atoms with Gasteiger partial charge in [0.15, 0.2) is 11.6 Å². The Morgan fingerprint density at radius 1 is 1.03 bits per heavy atom. The van der Waals surface area contributed by atoms with Gasteiger partial charge in [-0.3, -0.25) is 19.1 Å². The molecule has 0 unspecified atom stereocenters. The third-order valence-electron chi connectivity index (χ3n) is 12.2. The summed E-state index contributed by atoms with van der Waals surface area (Å²) in [4.78, 5) is 63.2. The molecule has 64 heavy (non-hydrogen) atoms. The Balaban J connectivity index is 1.27. The highest BCUT2D eigenvalue weighted by Gasteiger charge is 2.62. The number of carbonyl (C=O) groups is 4. The first-order chi connectivity index (χ1) is 30.2. The second-order valence-electron chi connectivity index (χ2n) is 19.1. The van der Waals surface area contributed by atoms with E-state index in [2.05, 4.69) is 22.3 Å². The van der Waals surface area contributed by atoms with E-state index < -0.39 is 86.1 Å². The van der Waals surface area contributed by atoms with Crippen LogP contribution in [-0.2, 0) is 29.1 Å². The number of hydrogen-bond acceptors (Lipinski definition) is 11. The third-order valence-corrected chi connectivity index (χ3v) is 14.0. The van der Waals surface area contributed by atoms with E-state index in [-0.39, 0.29) is 43.0 Å². The Morgan fingerprint density at radius 2 is 1.75 bits per heavy atom. The van der Waals surface area contributed by atoms with Gasteiger partial charge in [-0.05, 0) is 133 Å². The summed E-state index contributed by atoms with van der Waals surface area (Å²) in [5.41, 5.74) is -1.26. The van der Waals surface area contributed by atoms with Crippen LogP contribution in [0.5, 0.6) is 17.4 Å². The third kappa shape index (κ3) is 10.6. The molecule has 0 radical (unpaired) electrons. The minimum absolute atomic E-state index is 0.00778. The molecule has 4 aliphatic rings. The minimum atomic E-state index is -3.96. The molecule has 0 bridgehead atoms. The maximum Gasteiger partial charge on any atom is 0.408 e.